The second-order valence-corrected chi connectivity index (χ2v) is 7.34. The highest BCUT2D eigenvalue weighted by molar-refractivity contribution is 7.99. The van der Waals surface area contributed by atoms with E-state index in [1.807, 2.05) is 81.4 Å². The molecule has 3 nitrogen and oxygen atoms in total. The minimum atomic E-state index is -0.618. The van der Waals surface area contributed by atoms with Gasteiger partial charge in [0.2, 0.25) is 0 Å². The Hall–Kier alpha value is -2.46. The maximum atomic E-state index is 11.6. The SMILES string of the molecule is C/C=C\C(=C/C)CSc1cccc(C(C=O)Oc2ccc(N(C)C)cc2)c1. The predicted molar refractivity (Wildman–Crippen MR) is 116 cm³/mol. The number of benzene rings is 2. The predicted octanol–water partition coefficient (Wildman–Crippen LogP) is 5.69. The second kappa shape index (κ2) is 10.6. The van der Waals surface area contributed by atoms with Gasteiger partial charge < -0.3 is 9.64 Å². The lowest BCUT2D eigenvalue weighted by molar-refractivity contribution is -0.113. The summed E-state index contributed by atoms with van der Waals surface area (Å²) >= 11 is 1.75. The van der Waals surface area contributed by atoms with Gasteiger partial charge in [0.15, 0.2) is 12.4 Å². The molecule has 27 heavy (non-hydrogen) atoms. The summed E-state index contributed by atoms with van der Waals surface area (Å²) in [5, 5.41) is 0. The van der Waals surface area contributed by atoms with E-state index in [2.05, 4.69) is 18.2 Å². The number of carbonyl (C=O) groups is 1. The summed E-state index contributed by atoms with van der Waals surface area (Å²) in [6.45, 7) is 4.07. The molecule has 0 saturated carbocycles. The molecule has 0 aliphatic carbocycles. The summed E-state index contributed by atoms with van der Waals surface area (Å²) < 4.78 is 5.91. The van der Waals surface area contributed by atoms with Crippen molar-refractivity contribution in [3.63, 3.8) is 0 Å². The number of allylic oxidation sites excluding steroid dienone is 3. The van der Waals surface area contributed by atoms with Crippen LogP contribution in [0.1, 0.15) is 25.5 Å². The van der Waals surface area contributed by atoms with Crippen molar-refractivity contribution < 1.29 is 9.53 Å². The Bertz CT molecular complexity index is 794. The van der Waals surface area contributed by atoms with E-state index in [0.717, 1.165) is 28.2 Å². The van der Waals surface area contributed by atoms with Crippen molar-refractivity contribution in [3.8, 4) is 5.75 Å². The van der Waals surface area contributed by atoms with Crippen molar-refractivity contribution in [1.29, 1.82) is 0 Å². The average molecular weight is 382 g/mol. The minimum absolute atomic E-state index is 0.618. The molecule has 1 unspecified atom stereocenters. The Morgan fingerprint density at radius 2 is 1.89 bits per heavy atom. The van der Waals surface area contributed by atoms with Crippen LogP contribution in [0.25, 0.3) is 0 Å². The highest BCUT2D eigenvalue weighted by Crippen LogP contribution is 2.27. The fraction of sp³-hybridized carbons (Fsp3) is 0.261. The zero-order valence-electron chi connectivity index (χ0n) is 16.4. The molecule has 0 N–H and O–H groups in total. The molecule has 0 heterocycles. The lowest BCUT2D eigenvalue weighted by Gasteiger charge is -2.17. The molecule has 2 rings (SSSR count). The molecule has 1 atom stereocenters. The zero-order valence-corrected chi connectivity index (χ0v) is 17.2. The van der Waals surface area contributed by atoms with Gasteiger partial charge in [-0.25, -0.2) is 0 Å². The van der Waals surface area contributed by atoms with Crippen molar-refractivity contribution in [2.45, 2.75) is 24.8 Å². The first-order valence-corrected chi connectivity index (χ1v) is 9.96. The third kappa shape index (κ3) is 6.33. The monoisotopic (exact) mass is 381 g/mol. The van der Waals surface area contributed by atoms with E-state index >= 15 is 0 Å². The number of nitrogens with zero attached hydrogens (tertiary/aromatic N) is 1. The second-order valence-electron chi connectivity index (χ2n) is 6.29. The first-order valence-electron chi connectivity index (χ1n) is 8.97. The number of thioether (sulfide) groups is 1. The van der Waals surface area contributed by atoms with Gasteiger partial charge in [-0.05, 0) is 55.8 Å². The van der Waals surface area contributed by atoms with Crippen LogP contribution in [0.2, 0.25) is 0 Å². The molecule has 0 radical (unpaired) electrons. The molecule has 142 valence electrons. The summed E-state index contributed by atoms with van der Waals surface area (Å²) in [6, 6.07) is 15.7. The Morgan fingerprint density at radius 3 is 2.48 bits per heavy atom. The maximum Gasteiger partial charge on any atom is 0.179 e. The largest absolute Gasteiger partial charge is 0.478 e. The summed E-state index contributed by atoms with van der Waals surface area (Å²) in [7, 11) is 3.98. The summed E-state index contributed by atoms with van der Waals surface area (Å²) in [5.74, 6) is 1.57. The zero-order chi connectivity index (χ0) is 19.6. The van der Waals surface area contributed by atoms with Crippen LogP contribution in [0, 0.1) is 0 Å². The van der Waals surface area contributed by atoms with Crippen molar-refractivity contribution in [2.75, 3.05) is 24.7 Å². The molecule has 2 aromatic carbocycles. The number of anilines is 1. The van der Waals surface area contributed by atoms with Crippen LogP contribution >= 0.6 is 11.8 Å². The van der Waals surface area contributed by atoms with E-state index in [0.29, 0.717) is 5.75 Å². The van der Waals surface area contributed by atoms with Crippen molar-refractivity contribution in [2.24, 2.45) is 0 Å². The topological polar surface area (TPSA) is 29.5 Å². The van der Waals surface area contributed by atoms with Gasteiger partial charge >= 0.3 is 0 Å². The van der Waals surface area contributed by atoms with E-state index < -0.39 is 6.10 Å². The van der Waals surface area contributed by atoms with Gasteiger partial charge in [-0.3, -0.25) is 4.79 Å². The van der Waals surface area contributed by atoms with Gasteiger partial charge in [-0.2, -0.15) is 0 Å². The van der Waals surface area contributed by atoms with Crippen LogP contribution in [-0.2, 0) is 4.79 Å². The van der Waals surface area contributed by atoms with Gasteiger partial charge in [0.25, 0.3) is 0 Å². The van der Waals surface area contributed by atoms with Crippen LogP contribution in [0.15, 0.2) is 77.2 Å². The minimum Gasteiger partial charge on any atom is -0.478 e. The molecular formula is C23H27NO2S. The van der Waals surface area contributed by atoms with Crippen molar-refractivity contribution in [3.05, 3.63) is 77.9 Å². The Kier molecular flexibility index (Phi) is 8.21. The molecule has 0 bridgehead atoms. The Labute approximate surface area is 166 Å². The molecule has 0 spiro atoms. The standard InChI is InChI=1S/C23H27NO2S/c1-5-8-18(6-2)17-27-22-10-7-9-19(15-22)23(16-25)26-21-13-11-20(12-14-21)24(3)4/h5-16,23H,17H2,1-4H3/b8-5-,18-6+. The number of rotatable bonds is 9. The number of aldehydes is 1. The van der Waals surface area contributed by atoms with E-state index in [1.54, 1.807) is 11.8 Å². The van der Waals surface area contributed by atoms with Gasteiger partial charge in [0.05, 0.1) is 0 Å². The van der Waals surface area contributed by atoms with Crippen LogP contribution in [0.3, 0.4) is 0 Å². The number of carbonyl (C=O) groups excluding carboxylic acids is 1. The fourth-order valence-corrected chi connectivity index (χ4v) is 3.52. The lowest BCUT2D eigenvalue weighted by Crippen LogP contribution is -2.10. The van der Waals surface area contributed by atoms with Crippen LogP contribution in [-0.4, -0.2) is 26.1 Å². The number of hydrogen-bond donors (Lipinski definition) is 0. The molecule has 0 saturated heterocycles. The van der Waals surface area contributed by atoms with E-state index in [9.17, 15) is 4.79 Å². The third-order valence-electron chi connectivity index (χ3n) is 4.08. The summed E-state index contributed by atoms with van der Waals surface area (Å²) in [5.41, 5.74) is 3.22. The van der Waals surface area contributed by atoms with E-state index in [1.165, 1.54) is 5.57 Å². The molecule has 0 aliphatic heterocycles. The van der Waals surface area contributed by atoms with Crippen LogP contribution in [0.4, 0.5) is 5.69 Å². The van der Waals surface area contributed by atoms with Gasteiger partial charge in [-0.1, -0.05) is 30.4 Å². The summed E-state index contributed by atoms with van der Waals surface area (Å²) in [4.78, 5) is 14.8. The van der Waals surface area contributed by atoms with Crippen molar-refractivity contribution in [1.82, 2.24) is 0 Å². The quantitative estimate of drug-likeness (QED) is 0.317. The third-order valence-corrected chi connectivity index (χ3v) is 5.15. The van der Waals surface area contributed by atoms with E-state index in [4.69, 9.17) is 4.74 Å². The van der Waals surface area contributed by atoms with Crippen molar-refractivity contribution >= 4 is 23.7 Å². The first-order chi connectivity index (χ1) is 13.1. The van der Waals surface area contributed by atoms with E-state index in [-0.39, 0.29) is 0 Å². The van der Waals surface area contributed by atoms with Gasteiger partial charge in [0, 0.05) is 36.0 Å². The Balaban J connectivity index is 2.09. The molecule has 2 aromatic rings. The average Bonchev–Trinajstić information content (AvgIpc) is 2.69. The number of hydrogen-bond acceptors (Lipinski definition) is 4. The Morgan fingerprint density at radius 1 is 1.15 bits per heavy atom. The highest BCUT2D eigenvalue weighted by Gasteiger charge is 2.13. The fourth-order valence-electron chi connectivity index (χ4n) is 2.53. The van der Waals surface area contributed by atoms with Crippen LogP contribution in [0.5, 0.6) is 5.75 Å². The van der Waals surface area contributed by atoms with Gasteiger partial charge in [-0.15, -0.1) is 11.8 Å². The van der Waals surface area contributed by atoms with Crippen LogP contribution < -0.4 is 9.64 Å². The number of ether oxygens (including phenoxy) is 1. The summed E-state index contributed by atoms with van der Waals surface area (Å²) in [6.07, 6.45) is 6.51. The molecule has 4 heteroatoms. The first kappa shape index (κ1) is 20.8. The lowest BCUT2D eigenvalue weighted by atomic mass is 10.1. The molecular weight excluding hydrogens is 354 g/mol. The van der Waals surface area contributed by atoms with Gasteiger partial charge in [0.1, 0.15) is 5.75 Å². The normalized spacial score (nSPS) is 12.8. The molecule has 0 aromatic heterocycles. The molecule has 0 fully saturated rings. The maximum absolute atomic E-state index is 11.6. The molecule has 0 amide bonds. The molecule has 0 aliphatic rings. The smallest absolute Gasteiger partial charge is 0.179 e. The highest BCUT2D eigenvalue weighted by atomic mass is 32.2.